The van der Waals surface area contributed by atoms with E-state index in [0.29, 0.717) is 13.0 Å². The highest BCUT2D eigenvalue weighted by Gasteiger charge is 2.12. The molecule has 1 rings (SSSR count). The lowest BCUT2D eigenvalue weighted by Crippen LogP contribution is -2.24. The third-order valence-electron chi connectivity index (χ3n) is 2.84. The van der Waals surface area contributed by atoms with Crippen molar-refractivity contribution in [1.82, 2.24) is 5.32 Å². The fourth-order valence-electron chi connectivity index (χ4n) is 1.82. The van der Waals surface area contributed by atoms with Crippen LogP contribution >= 0.6 is 0 Å². The Balaban J connectivity index is 2.69. The van der Waals surface area contributed by atoms with Crippen molar-refractivity contribution < 1.29 is 10.0 Å². The smallest absolute Gasteiger partial charge is 0.269 e. The van der Waals surface area contributed by atoms with E-state index in [1.165, 1.54) is 6.07 Å². The Morgan fingerprint density at radius 1 is 1.50 bits per heavy atom. The third-order valence-corrected chi connectivity index (χ3v) is 2.84. The van der Waals surface area contributed by atoms with E-state index < -0.39 is 0 Å². The Morgan fingerprint density at radius 3 is 2.78 bits per heavy atom. The molecular weight excluding hydrogens is 232 g/mol. The number of rotatable bonds is 7. The summed E-state index contributed by atoms with van der Waals surface area (Å²) < 4.78 is 0. The minimum absolute atomic E-state index is 0.0867. The van der Waals surface area contributed by atoms with Crippen LogP contribution in [-0.2, 0) is 0 Å². The zero-order chi connectivity index (χ0) is 13.5. The van der Waals surface area contributed by atoms with E-state index in [4.69, 9.17) is 0 Å². The number of aliphatic hydroxyl groups excluding tert-OH is 1. The van der Waals surface area contributed by atoms with Crippen LogP contribution in [0.25, 0.3) is 0 Å². The minimum Gasteiger partial charge on any atom is -0.393 e. The lowest BCUT2D eigenvalue weighted by atomic mass is 10.0. The summed E-state index contributed by atoms with van der Waals surface area (Å²) >= 11 is 0. The van der Waals surface area contributed by atoms with Crippen molar-refractivity contribution in [2.24, 2.45) is 0 Å². The van der Waals surface area contributed by atoms with Crippen molar-refractivity contribution in [1.29, 1.82) is 0 Å². The van der Waals surface area contributed by atoms with Crippen LogP contribution in [0.2, 0.25) is 0 Å². The number of benzene rings is 1. The van der Waals surface area contributed by atoms with Gasteiger partial charge >= 0.3 is 0 Å². The summed E-state index contributed by atoms with van der Waals surface area (Å²) in [5.41, 5.74) is 1.03. The third kappa shape index (κ3) is 4.43. The topological polar surface area (TPSA) is 75.4 Å². The molecule has 0 saturated heterocycles. The van der Waals surface area contributed by atoms with Gasteiger partial charge in [-0.2, -0.15) is 0 Å². The summed E-state index contributed by atoms with van der Waals surface area (Å²) in [6.07, 6.45) is 1.19. The van der Waals surface area contributed by atoms with Gasteiger partial charge in [0.2, 0.25) is 0 Å². The van der Waals surface area contributed by atoms with Crippen molar-refractivity contribution in [2.75, 3.05) is 6.54 Å². The average Bonchev–Trinajstić information content (AvgIpc) is 2.34. The SMILES string of the molecule is CCC(NCCC(C)O)c1cccc([N+](=O)[O-])c1. The first kappa shape index (κ1) is 14.6. The number of hydrogen-bond donors (Lipinski definition) is 2. The Hall–Kier alpha value is -1.46. The molecule has 0 aromatic heterocycles. The summed E-state index contributed by atoms with van der Waals surface area (Å²) in [6, 6.07) is 6.77. The second-order valence-electron chi connectivity index (χ2n) is 4.40. The first-order chi connectivity index (χ1) is 8.54. The van der Waals surface area contributed by atoms with Gasteiger partial charge in [0.1, 0.15) is 0 Å². The van der Waals surface area contributed by atoms with Crippen LogP contribution in [0.5, 0.6) is 0 Å². The Kier molecular flexibility index (Phi) is 5.74. The fraction of sp³-hybridized carbons (Fsp3) is 0.538. The number of hydrogen-bond acceptors (Lipinski definition) is 4. The van der Waals surface area contributed by atoms with Crippen molar-refractivity contribution in [3.05, 3.63) is 39.9 Å². The molecular formula is C13H20N2O3. The molecule has 1 aromatic carbocycles. The molecule has 0 radical (unpaired) electrons. The quantitative estimate of drug-likeness (QED) is 0.577. The highest BCUT2D eigenvalue weighted by molar-refractivity contribution is 5.35. The summed E-state index contributed by atoms with van der Waals surface area (Å²) in [6.45, 7) is 4.47. The van der Waals surface area contributed by atoms with Crippen LogP contribution in [0.15, 0.2) is 24.3 Å². The Labute approximate surface area is 107 Å². The molecule has 100 valence electrons. The van der Waals surface area contributed by atoms with E-state index in [1.54, 1.807) is 19.1 Å². The Bertz CT molecular complexity index is 394. The molecule has 5 heteroatoms. The van der Waals surface area contributed by atoms with Crippen LogP contribution in [0.1, 0.15) is 38.3 Å². The molecule has 18 heavy (non-hydrogen) atoms. The first-order valence-electron chi connectivity index (χ1n) is 6.20. The molecule has 0 bridgehead atoms. The highest BCUT2D eigenvalue weighted by atomic mass is 16.6. The van der Waals surface area contributed by atoms with E-state index in [0.717, 1.165) is 12.0 Å². The number of aliphatic hydroxyl groups is 1. The lowest BCUT2D eigenvalue weighted by Gasteiger charge is -2.17. The first-order valence-corrected chi connectivity index (χ1v) is 6.20. The molecule has 0 amide bonds. The van der Waals surface area contributed by atoms with E-state index in [9.17, 15) is 15.2 Å². The second kappa shape index (κ2) is 7.08. The predicted molar refractivity (Wildman–Crippen MR) is 70.4 cm³/mol. The number of nitro groups is 1. The molecule has 0 fully saturated rings. The lowest BCUT2D eigenvalue weighted by molar-refractivity contribution is -0.384. The van der Waals surface area contributed by atoms with Gasteiger partial charge in [-0.3, -0.25) is 10.1 Å². The molecule has 0 spiro atoms. The summed E-state index contributed by atoms with van der Waals surface area (Å²) in [5.74, 6) is 0. The monoisotopic (exact) mass is 252 g/mol. The minimum atomic E-state index is -0.383. The zero-order valence-electron chi connectivity index (χ0n) is 10.8. The van der Waals surface area contributed by atoms with Crippen LogP contribution in [-0.4, -0.2) is 22.7 Å². The molecule has 2 N–H and O–H groups in total. The molecule has 2 atom stereocenters. The molecule has 0 saturated carbocycles. The molecule has 0 aliphatic carbocycles. The van der Waals surface area contributed by atoms with Crippen LogP contribution < -0.4 is 5.32 Å². The summed E-state index contributed by atoms with van der Waals surface area (Å²) in [5, 5.41) is 23.2. The van der Waals surface area contributed by atoms with Gasteiger partial charge in [-0.25, -0.2) is 0 Å². The number of nitrogens with one attached hydrogen (secondary N) is 1. The number of non-ortho nitro benzene ring substituents is 1. The van der Waals surface area contributed by atoms with E-state index in [2.05, 4.69) is 5.32 Å². The molecule has 0 aliphatic rings. The van der Waals surface area contributed by atoms with Gasteiger partial charge in [0, 0.05) is 18.2 Å². The van der Waals surface area contributed by atoms with Crippen molar-refractivity contribution in [3.63, 3.8) is 0 Å². The fourth-order valence-corrected chi connectivity index (χ4v) is 1.82. The largest absolute Gasteiger partial charge is 0.393 e. The number of nitro benzene ring substituents is 1. The van der Waals surface area contributed by atoms with Crippen molar-refractivity contribution in [3.8, 4) is 0 Å². The summed E-state index contributed by atoms with van der Waals surface area (Å²) in [7, 11) is 0. The highest BCUT2D eigenvalue weighted by Crippen LogP contribution is 2.21. The van der Waals surface area contributed by atoms with E-state index in [-0.39, 0.29) is 22.8 Å². The maximum atomic E-state index is 10.7. The maximum Gasteiger partial charge on any atom is 0.269 e. The predicted octanol–water partition coefficient (Wildman–Crippen LogP) is 2.41. The standard InChI is InChI=1S/C13H20N2O3/c1-3-13(14-8-7-10(2)16)11-5-4-6-12(9-11)15(17)18/h4-6,9-10,13-14,16H,3,7-8H2,1-2H3. The van der Waals surface area contributed by atoms with Gasteiger partial charge in [-0.15, -0.1) is 0 Å². The molecule has 1 aromatic rings. The van der Waals surface area contributed by atoms with E-state index in [1.807, 2.05) is 13.0 Å². The average molecular weight is 252 g/mol. The molecule has 0 aliphatic heterocycles. The van der Waals surface area contributed by atoms with Crippen LogP contribution in [0.4, 0.5) is 5.69 Å². The van der Waals surface area contributed by atoms with Gasteiger partial charge in [0.25, 0.3) is 5.69 Å². The van der Waals surface area contributed by atoms with Gasteiger partial charge < -0.3 is 10.4 Å². The maximum absolute atomic E-state index is 10.7. The number of nitrogens with zero attached hydrogens (tertiary/aromatic N) is 1. The van der Waals surface area contributed by atoms with Crippen molar-refractivity contribution >= 4 is 5.69 Å². The molecule has 5 nitrogen and oxygen atoms in total. The Morgan fingerprint density at radius 2 is 2.22 bits per heavy atom. The second-order valence-corrected chi connectivity index (χ2v) is 4.40. The normalized spacial score (nSPS) is 14.2. The summed E-state index contributed by atoms with van der Waals surface area (Å²) in [4.78, 5) is 10.3. The van der Waals surface area contributed by atoms with Gasteiger partial charge in [0.15, 0.2) is 0 Å². The molecule has 0 heterocycles. The van der Waals surface area contributed by atoms with Gasteiger partial charge in [0.05, 0.1) is 11.0 Å². The zero-order valence-corrected chi connectivity index (χ0v) is 10.8. The van der Waals surface area contributed by atoms with Gasteiger partial charge in [-0.05, 0) is 31.9 Å². The molecule has 2 unspecified atom stereocenters. The van der Waals surface area contributed by atoms with Crippen LogP contribution in [0.3, 0.4) is 0 Å². The van der Waals surface area contributed by atoms with E-state index >= 15 is 0 Å². The van der Waals surface area contributed by atoms with Crippen LogP contribution in [0, 0.1) is 10.1 Å². The van der Waals surface area contributed by atoms with Gasteiger partial charge in [-0.1, -0.05) is 19.1 Å². The van der Waals surface area contributed by atoms with Crippen molar-refractivity contribution in [2.45, 2.75) is 38.8 Å².